The maximum absolute atomic E-state index is 12.4. The van der Waals surface area contributed by atoms with Crippen LogP contribution >= 0.6 is 0 Å². The molecule has 0 aromatic heterocycles. The predicted molar refractivity (Wildman–Crippen MR) is 68.9 cm³/mol. The molecule has 0 aromatic carbocycles. The second-order valence-corrected chi connectivity index (χ2v) is 5.29. The first-order valence-electron chi connectivity index (χ1n) is 6.90. The quantitative estimate of drug-likeness (QED) is 0.757. The van der Waals surface area contributed by atoms with Crippen LogP contribution in [0.3, 0.4) is 0 Å². The molecule has 2 rings (SSSR count). The number of rotatable bonds is 5. The van der Waals surface area contributed by atoms with E-state index in [2.05, 4.69) is 0 Å². The van der Waals surface area contributed by atoms with Crippen molar-refractivity contribution in [1.29, 1.82) is 0 Å². The van der Waals surface area contributed by atoms with Gasteiger partial charge in [0.2, 0.25) is 0 Å². The average molecular weight is 270 g/mol. The zero-order valence-electron chi connectivity index (χ0n) is 11.5. The van der Waals surface area contributed by atoms with Gasteiger partial charge in [-0.15, -0.1) is 0 Å². The molecule has 2 aliphatic rings. The van der Waals surface area contributed by atoms with Gasteiger partial charge in [0.05, 0.1) is 12.5 Å². The minimum Gasteiger partial charge on any atom is -0.481 e. The Balaban J connectivity index is 1.94. The Bertz CT molecular complexity index is 361. The number of urea groups is 1. The van der Waals surface area contributed by atoms with Crippen molar-refractivity contribution >= 4 is 12.0 Å². The number of nitrogens with zero attached hydrogens (tertiary/aromatic N) is 2. The van der Waals surface area contributed by atoms with Gasteiger partial charge in [0.1, 0.15) is 0 Å². The van der Waals surface area contributed by atoms with Gasteiger partial charge in [0.15, 0.2) is 0 Å². The number of hydrogen-bond donors (Lipinski definition) is 1. The zero-order chi connectivity index (χ0) is 14.0. The molecule has 0 radical (unpaired) electrons. The fourth-order valence-electron chi connectivity index (χ4n) is 3.19. The third kappa shape index (κ3) is 2.68. The lowest BCUT2D eigenvalue weighted by Crippen LogP contribution is -2.46. The molecule has 0 saturated carbocycles. The fourth-order valence-corrected chi connectivity index (χ4v) is 3.19. The van der Waals surface area contributed by atoms with Gasteiger partial charge in [-0.3, -0.25) is 4.79 Å². The maximum Gasteiger partial charge on any atom is 0.320 e. The number of ether oxygens (including phenoxy) is 1. The average Bonchev–Trinajstić information content (AvgIpc) is 2.95. The summed E-state index contributed by atoms with van der Waals surface area (Å²) in [6, 6.07) is -0.0753. The molecule has 2 aliphatic heterocycles. The van der Waals surface area contributed by atoms with Crippen molar-refractivity contribution in [3.05, 3.63) is 0 Å². The van der Waals surface area contributed by atoms with E-state index < -0.39 is 5.97 Å². The normalized spacial score (nSPS) is 28.7. The molecule has 108 valence electrons. The van der Waals surface area contributed by atoms with Crippen LogP contribution < -0.4 is 0 Å². The molecule has 0 spiro atoms. The second-order valence-electron chi connectivity index (χ2n) is 5.29. The van der Waals surface area contributed by atoms with E-state index in [1.807, 2.05) is 6.92 Å². The van der Waals surface area contributed by atoms with Gasteiger partial charge in [0.25, 0.3) is 0 Å². The third-order valence-electron chi connectivity index (χ3n) is 4.18. The highest BCUT2D eigenvalue weighted by Gasteiger charge is 2.51. The van der Waals surface area contributed by atoms with Crippen LogP contribution in [-0.4, -0.2) is 65.8 Å². The summed E-state index contributed by atoms with van der Waals surface area (Å²) in [5.74, 6) is -1.16. The number of carbonyl (C=O) groups is 2. The molecule has 6 nitrogen and oxygen atoms in total. The molecular weight excluding hydrogens is 248 g/mol. The van der Waals surface area contributed by atoms with Crippen molar-refractivity contribution in [2.75, 3.05) is 26.8 Å². The van der Waals surface area contributed by atoms with E-state index in [4.69, 9.17) is 4.74 Å². The van der Waals surface area contributed by atoms with Gasteiger partial charge in [-0.1, -0.05) is 0 Å². The lowest BCUT2D eigenvalue weighted by molar-refractivity contribution is -0.142. The standard InChI is InChI=1S/C13H22N2O4/c1-3-19-7-6-14(2)13(18)15-9-4-5-11(15)10(8-9)12(16)17/h9-11H,3-8H2,1-2H3,(H,16,17). The SMILES string of the molecule is CCOCCN(C)C(=O)N1C2CCC1C(C(=O)O)C2. The topological polar surface area (TPSA) is 70.1 Å². The molecular formula is C13H22N2O4. The first-order chi connectivity index (χ1) is 9.06. The van der Waals surface area contributed by atoms with Crippen LogP contribution in [0.15, 0.2) is 0 Å². The summed E-state index contributed by atoms with van der Waals surface area (Å²) in [7, 11) is 1.74. The van der Waals surface area contributed by atoms with Crippen molar-refractivity contribution in [2.45, 2.75) is 38.3 Å². The highest BCUT2D eigenvalue weighted by molar-refractivity contribution is 5.79. The minimum absolute atomic E-state index is 0.0593. The van der Waals surface area contributed by atoms with Crippen molar-refractivity contribution in [1.82, 2.24) is 9.80 Å². The van der Waals surface area contributed by atoms with Gasteiger partial charge < -0.3 is 19.6 Å². The lowest BCUT2D eigenvalue weighted by atomic mass is 9.89. The van der Waals surface area contributed by atoms with Crippen LogP contribution in [0.4, 0.5) is 4.79 Å². The van der Waals surface area contributed by atoms with E-state index in [0.29, 0.717) is 26.2 Å². The Hall–Kier alpha value is -1.30. The fraction of sp³-hybridized carbons (Fsp3) is 0.846. The molecule has 3 atom stereocenters. The van der Waals surface area contributed by atoms with Crippen LogP contribution in [0, 0.1) is 5.92 Å². The number of amides is 2. The Labute approximate surface area is 113 Å². The monoisotopic (exact) mass is 270 g/mol. The summed E-state index contributed by atoms with van der Waals surface area (Å²) in [6.07, 6.45) is 2.34. The first kappa shape index (κ1) is 14.1. The highest BCUT2D eigenvalue weighted by atomic mass is 16.5. The van der Waals surface area contributed by atoms with E-state index in [0.717, 1.165) is 12.8 Å². The second kappa shape index (κ2) is 5.77. The summed E-state index contributed by atoms with van der Waals surface area (Å²) < 4.78 is 5.24. The van der Waals surface area contributed by atoms with Crippen molar-refractivity contribution in [3.63, 3.8) is 0 Å². The van der Waals surface area contributed by atoms with Crippen LogP contribution in [0.25, 0.3) is 0 Å². The number of carbonyl (C=O) groups excluding carboxylic acids is 1. The number of likely N-dealkylation sites (N-methyl/N-ethyl adjacent to an activating group) is 1. The summed E-state index contributed by atoms with van der Waals surface area (Å²) in [5.41, 5.74) is 0. The van der Waals surface area contributed by atoms with E-state index in [1.54, 1.807) is 16.8 Å². The van der Waals surface area contributed by atoms with Crippen molar-refractivity contribution in [2.24, 2.45) is 5.92 Å². The summed E-state index contributed by atoms with van der Waals surface area (Å²) in [6.45, 7) is 3.61. The van der Waals surface area contributed by atoms with E-state index >= 15 is 0 Å². The molecule has 2 fully saturated rings. The highest BCUT2D eigenvalue weighted by Crippen LogP contribution is 2.42. The largest absolute Gasteiger partial charge is 0.481 e. The predicted octanol–water partition coefficient (Wildman–Crippen LogP) is 1.01. The first-order valence-corrected chi connectivity index (χ1v) is 6.90. The molecule has 2 heterocycles. The Morgan fingerprint density at radius 3 is 2.74 bits per heavy atom. The number of aliphatic carboxylic acids is 1. The van der Waals surface area contributed by atoms with E-state index in [1.165, 1.54) is 0 Å². The van der Waals surface area contributed by atoms with Gasteiger partial charge in [0, 0.05) is 32.3 Å². The number of fused-ring (bicyclic) bond motifs is 2. The third-order valence-corrected chi connectivity index (χ3v) is 4.18. The Morgan fingerprint density at radius 1 is 1.42 bits per heavy atom. The molecule has 0 aliphatic carbocycles. The number of carboxylic acids is 1. The van der Waals surface area contributed by atoms with Crippen LogP contribution in [0.5, 0.6) is 0 Å². The molecule has 2 saturated heterocycles. The summed E-state index contributed by atoms with van der Waals surface area (Å²) in [5, 5.41) is 9.18. The number of hydrogen-bond acceptors (Lipinski definition) is 3. The van der Waals surface area contributed by atoms with Crippen LogP contribution in [-0.2, 0) is 9.53 Å². The van der Waals surface area contributed by atoms with Gasteiger partial charge >= 0.3 is 12.0 Å². The van der Waals surface area contributed by atoms with Gasteiger partial charge in [-0.25, -0.2) is 4.79 Å². The Kier molecular flexibility index (Phi) is 4.29. The Morgan fingerprint density at radius 2 is 2.16 bits per heavy atom. The molecule has 2 bridgehead atoms. The molecule has 3 unspecified atom stereocenters. The smallest absolute Gasteiger partial charge is 0.320 e. The van der Waals surface area contributed by atoms with Crippen molar-refractivity contribution in [3.8, 4) is 0 Å². The lowest BCUT2D eigenvalue weighted by Gasteiger charge is -2.28. The van der Waals surface area contributed by atoms with Gasteiger partial charge in [-0.05, 0) is 26.2 Å². The van der Waals surface area contributed by atoms with Gasteiger partial charge in [-0.2, -0.15) is 0 Å². The molecule has 1 N–H and O–H groups in total. The molecule has 2 amide bonds. The van der Waals surface area contributed by atoms with Crippen molar-refractivity contribution < 1.29 is 19.4 Å². The maximum atomic E-state index is 12.4. The zero-order valence-corrected chi connectivity index (χ0v) is 11.5. The molecule has 6 heteroatoms. The minimum atomic E-state index is -0.776. The van der Waals surface area contributed by atoms with E-state index in [-0.39, 0.29) is 24.0 Å². The van der Waals surface area contributed by atoms with Crippen LogP contribution in [0.2, 0.25) is 0 Å². The number of carboxylic acid groups (broad SMARTS) is 1. The van der Waals surface area contributed by atoms with Crippen LogP contribution in [0.1, 0.15) is 26.2 Å². The van der Waals surface area contributed by atoms with E-state index in [9.17, 15) is 14.7 Å². The molecule has 0 aromatic rings. The summed E-state index contributed by atoms with van der Waals surface area (Å²) >= 11 is 0. The molecule has 19 heavy (non-hydrogen) atoms. The summed E-state index contributed by atoms with van der Waals surface area (Å²) in [4.78, 5) is 27.0.